The zero-order valence-corrected chi connectivity index (χ0v) is 71.9. The number of ether oxygens (including phenoxy) is 2. The van der Waals surface area contributed by atoms with Crippen LogP contribution in [0.3, 0.4) is 0 Å². The van der Waals surface area contributed by atoms with Gasteiger partial charge in [0.15, 0.2) is 0 Å². The lowest BCUT2D eigenvalue weighted by Gasteiger charge is -2.30. The Morgan fingerprint density at radius 3 is 0.492 bits per heavy atom. The second-order valence-corrected chi connectivity index (χ2v) is 34.7. The Morgan fingerprint density at radius 1 is 0.169 bits per heavy atom. The minimum Gasteiger partial charge on any atom is -0.381 e. The van der Waals surface area contributed by atoms with Gasteiger partial charge in [-0.15, -0.1) is 0 Å². The Morgan fingerprint density at radius 2 is 0.314 bits per heavy atom. The molecule has 10 aromatic rings. The third kappa shape index (κ3) is 19.5. The van der Waals surface area contributed by atoms with Crippen LogP contribution >= 0.6 is 0 Å². The van der Waals surface area contributed by atoms with Gasteiger partial charge in [-0.1, -0.05) is 320 Å². The molecule has 118 heavy (non-hydrogen) atoms. The van der Waals surface area contributed by atoms with E-state index in [0.717, 1.165) is 127 Å². The number of rotatable bonds is 54. The molecule has 14 nitrogen and oxygen atoms in total. The minimum absolute atomic E-state index is 0.219. The molecule has 14 rings (SSSR count). The van der Waals surface area contributed by atoms with Crippen LogP contribution in [0.4, 0.5) is 0 Å². The van der Waals surface area contributed by atoms with Gasteiger partial charge in [0, 0.05) is 119 Å². The molecule has 0 spiro atoms. The van der Waals surface area contributed by atoms with Crippen LogP contribution in [-0.4, -0.2) is 119 Å². The lowest BCUT2D eigenvalue weighted by molar-refractivity contribution is 0.0566. The van der Waals surface area contributed by atoms with E-state index in [1.165, 1.54) is 238 Å². The molecule has 14 heteroatoms. The second kappa shape index (κ2) is 43.5. The lowest BCUT2D eigenvalue weighted by atomic mass is 9.82. The topological polar surface area (TPSA) is 168 Å². The number of hydrogen-bond acceptors (Lipinski definition) is 10. The van der Waals surface area contributed by atoms with Crippen molar-refractivity contribution < 1.29 is 47.8 Å². The van der Waals surface area contributed by atoms with Gasteiger partial charge in [0.2, 0.25) is 0 Å². The van der Waals surface area contributed by atoms with Crippen molar-refractivity contribution in [3.05, 3.63) is 142 Å². The molecular formula is C104H132N4O10. The summed E-state index contributed by atoms with van der Waals surface area (Å²) in [6, 6.07) is 30.7. The molecule has 0 unspecified atom stereocenters. The first-order valence-electron chi connectivity index (χ1n) is 47.0. The standard InChI is InChI=1S/C54H70N2O6.C50H62N2O4/c1-3-5-7-9-11-13-15-17-19-21-35-61-37-23-33-55-51(57)43-29-25-39-41-27-31-45-50-46(32-28-42(48(41)50)40-26-30-44(52(55)58)49(43)47(39)40)54(60)56(53(45)59)34-24-38-62-36-22-20-18-16-14-12-10-8-6-4-2;1-3-5-7-9-11-13-15-17-19-21-23-33-51-47(53)39-29-25-35-37-27-31-41-46-42(32-28-38(44(37)46)36-26-30-40(48(51)54)45(39)43(35)36)50(56)52(49(41)55)34-24-22-20-18-16-14-12-10-8-6-4-2/h25-32H,3-24,33-38H2,1-2H3;25-32H,3-24,33-34H2,1-2H3. The van der Waals surface area contributed by atoms with Gasteiger partial charge >= 0.3 is 0 Å². The van der Waals surface area contributed by atoms with E-state index in [4.69, 9.17) is 9.47 Å². The van der Waals surface area contributed by atoms with Crippen molar-refractivity contribution in [1.82, 2.24) is 19.6 Å². The first-order valence-corrected chi connectivity index (χ1v) is 47.0. The van der Waals surface area contributed by atoms with Crippen molar-refractivity contribution >= 4 is 133 Å². The first-order chi connectivity index (χ1) is 57.9. The highest BCUT2D eigenvalue weighted by Crippen LogP contribution is 2.49. The van der Waals surface area contributed by atoms with Gasteiger partial charge in [-0.25, -0.2) is 0 Å². The molecule has 0 atom stereocenters. The molecule has 8 amide bonds. The number of hydrogen-bond donors (Lipinski definition) is 0. The highest BCUT2D eigenvalue weighted by atomic mass is 16.5. The zero-order valence-electron chi connectivity index (χ0n) is 71.9. The molecule has 628 valence electrons. The van der Waals surface area contributed by atoms with Crippen LogP contribution in [0, 0.1) is 0 Å². The minimum atomic E-state index is -0.280. The summed E-state index contributed by atoms with van der Waals surface area (Å²) in [7, 11) is 0. The smallest absolute Gasteiger partial charge is 0.261 e. The Hall–Kier alpha value is -8.72. The number of nitrogens with zero attached hydrogens (tertiary/aromatic N) is 4. The van der Waals surface area contributed by atoms with Crippen LogP contribution in [0.1, 0.15) is 393 Å². The quantitative estimate of drug-likeness (QED) is 0.0155. The monoisotopic (exact) mass is 1600 g/mol. The summed E-state index contributed by atoms with van der Waals surface area (Å²) < 4.78 is 11.8. The van der Waals surface area contributed by atoms with E-state index < -0.39 is 0 Å². The van der Waals surface area contributed by atoms with Gasteiger partial charge < -0.3 is 9.47 Å². The maximum Gasteiger partial charge on any atom is 0.261 e. The van der Waals surface area contributed by atoms with Gasteiger partial charge in [0.25, 0.3) is 47.3 Å². The predicted octanol–water partition coefficient (Wildman–Crippen LogP) is 27.1. The number of imide groups is 4. The van der Waals surface area contributed by atoms with Crippen LogP contribution in [0.15, 0.2) is 97.1 Å². The zero-order chi connectivity index (χ0) is 82.3. The Kier molecular flexibility index (Phi) is 32.1. The van der Waals surface area contributed by atoms with Crippen LogP contribution in [0.25, 0.3) is 86.2 Å². The number of benzene rings is 10. The van der Waals surface area contributed by atoms with Crippen molar-refractivity contribution in [3.8, 4) is 0 Å². The third-order valence-corrected chi connectivity index (χ3v) is 26.2. The first kappa shape index (κ1) is 87.1. The molecule has 0 N–H and O–H groups in total. The van der Waals surface area contributed by atoms with Crippen LogP contribution < -0.4 is 0 Å². The summed E-state index contributed by atoms with van der Waals surface area (Å²) in [4.78, 5) is 117. The van der Waals surface area contributed by atoms with Crippen LogP contribution in [-0.2, 0) is 9.47 Å². The number of unbranched alkanes of at least 4 members (excludes halogenated alkanes) is 38. The lowest BCUT2D eigenvalue weighted by Crippen LogP contribution is -2.41. The molecule has 10 aromatic carbocycles. The van der Waals surface area contributed by atoms with E-state index in [9.17, 15) is 38.4 Å². The average Bonchev–Trinajstić information content (AvgIpc) is 0.695. The van der Waals surface area contributed by atoms with Gasteiger partial charge in [-0.2, -0.15) is 0 Å². The van der Waals surface area contributed by atoms with Gasteiger partial charge in [-0.3, -0.25) is 58.0 Å². The molecule has 0 radical (unpaired) electrons. The molecule has 0 saturated carbocycles. The van der Waals surface area contributed by atoms with E-state index in [2.05, 4.69) is 27.7 Å². The van der Waals surface area contributed by atoms with Crippen LogP contribution in [0.5, 0.6) is 0 Å². The highest BCUT2D eigenvalue weighted by Gasteiger charge is 2.40. The maximum atomic E-state index is 14.0. The van der Waals surface area contributed by atoms with Crippen molar-refractivity contribution in [2.24, 2.45) is 0 Å². The fourth-order valence-electron chi connectivity index (χ4n) is 19.7. The van der Waals surface area contributed by atoms with E-state index in [1.54, 1.807) is 0 Å². The number of fused-ring (bicyclic) bond motifs is 4. The summed E-state index contributed by atoms with van der Waals surface area (Å²) in [6.07, 6.45) is 53.5. The molecule has 4 heterocycles. The fourth-order valence-corrected chi connectivity index (χ4v) is 19.7. The summed E-state index contributed by atoms with van der Waals surface area (Å²) in [5, 5.41) is 13.6. The molecule has 4 aliphatic rings. The van der Waals surface area contributed by atoms with E-state index in [-0.39, 0.29) is 47.3 Å². The van der Waals surface area contributed by atoms with Gasteiger partial charge in [-0.05, 0) is 152 Å². The SMILES string of the molecule is CCCCCCCCCCCCCN1C(=O)c2ccc3c4ccc5c6c(ccc(c7ccc(c2c37)C1=O)c64)C(=O)N(CCCCCCCCCCCCC)C5=O.CCCCCCCCCCCCOCCCN1C(=O)c2ccc3c4ccc5c6c(ccc(c7ccc(c2c37)C1=O)c64)C(=O)N(CCCOCCCCCCCCCCCC)C5=O. The number of carbonyl (C=O) groups excluding carboxylic acids is 8. The van der Waals surface area contributed by atoms with E-state index in [1.807, 2.05) is 97.1 Å². The maximum absolute atomic E-state index is 14.0. The van der Waals surface area contributed by atoms with Crippen molar-refractivity contribution in [1.29, 1.82) is 0 Å². The summed E-state index contributed by atoms with van der Waals surface area (Å²) in [5.74, 6) is -2.00. The highest BCUT2D eigenvalue weighted by molar-refractivity contribution is 6.43. The van der Waals surface area contributed by atoms with E-state index >= 15 is 0 Å². The molecular weight excluding hydrogens is 1470 g/mol. The Balaban J connectivity index is 0.000000206. The molecule has 4 aliphatic heterocycles. The summed E-state index contributed by atoms with van der Waals surface area (Å²) >= 11 is 0. The van der Waals surface area contributed by atoms with Crippen LogP contribution in [0.2, 0.25) is 0 Å². The van der Waals surface area contributed by atoms with E-state index in [0.29, 0.717) is 121 Å². The molecule has 0 aromatic heterocycles. The number of amides is 8. The Bertz CT molecular complexity index is 4590. The fraction of sp³-hybridized carbons (Fsp3) is 0.538. The number of carbonyl (C=O) groups is 8. The van der Waals surface area contributed by atoms with Crippen molar-refractivity contribution in [2.75, 3.05) is 52.6 Å². The normalized spacial score (nSPS) is 14.1. The molecule has 0 saturated heterocycles. The largest absolute Gasteiger partial charge is 0.381 e. The van der Waals surface area contributed by atoms with Crippen molar-refractivity contribution in [3.63, 3.8) is 0 Å². The Labute approximate surface area is 701 Å². The molecule has 0 bridgehead atoms. The van der Waals surface area contributed by atoms with Gasteiger partial charge in [0.05, 0.1) is 0 Å². The summed E-state index contributed by atoms with van der Waals surface area (Å²) in [6.45, 7) is 12.9. The third-order valence-electron chi connectivity index (χ3n) is 26.2. The average molecular weight is 1600 g/mol. The molecule has 0 aliphatic carbocycles. The second-order valence-electron chi connectivity index (χ2n) is 34.7. The van der Waals surface area contributed by atoms with Gasteiger partial charge in [0.1, 0.15) is 0 Å². The summed E-state index contributed by atoms with van der Waals surface area (Å²) in [5.41, 5.74) is 4.37. The van der Waals surface area contributed by atoms with Crippen molar-refractivity contribution in [2.45, 2.75) is 310 Å². The molecule has 0 fully saturated rings. The predicted molar refractivity (Wildman–Crippen MR) is 484 cm³/mol.